The van der Waals surface area contributed by atoms with Crippen molar-refractivity contribution in [1.29, 1.82) is 0 Å². The van der Waals surface area contributed by atoms with E-state index >= 15 is 0 Å². The molecule has 0 radical (unpaired) electrons. The van der Waals surface area contributed by atoms with Crippen LogP contribution in [0, 0.1) is 6.92 Å². The second-order valence-corrected chi connectivity index (χ2v) is 4.17. The molecule has 1 aromatic rings. The standard InChI is InChI=1S/C13H20N2O/c1-4-12(15-13(16)10(3)14)11-7-5-9(2)6-8-11/h5-8,10,12H,4,14H2,1-3H3,(H,15,16). The summed E-state index contributed by atoms with van der Waals surface area (Å²) in [5.41, 5.74) is 7.88. The predicted octanol–water partition coefficient (Wildman–Crippen LogP) is 1.91. The molecule has 0 spiro atoms. The molecule has 16 heavy (non-hydrogen) atoms. The summed E-state index contributed by atoms with van der Waals surface area (Å²) in [4.78, 5) is 11.5. The molecule has 0 saturated heterocycles. The van der Waals surface area contributed by atoms with Crippen LogP contribution < -0.4 is 11.1 Å². The van der Waals surface area contributed by atoms with Crippen LogP contribution in [0.2, 0.25) is 0 Å². The minimum atomic E-state index is -0.459. The third-order valence-corrected chi connectivity index (χ3v) is 2.62. The lowest BCUT2D eigenvalue weighted by Crippen LogP contribution is -2.40. The highest BCUT2D eigenvalue weighted by Crippen LogP contribution is 2.16. The van der Waals surface area contributed by atoms with Gasteiger partial charge in [-0.25, -0.2) is 0 Å². The minimum Gasteiger partial charge on any atom is -0.348 e. The summed E-state index contributed by atoms with van der Waals surface area (Å²) in [5.74, 6) is -0.104. The zero-order valence-electron chi connectivity index (χ0n) is 10.2. The maximum atomic E-state index is 11.5. The fraction of sp³-hybridized carbons (Fsp3) is 0.462. The average Bonchev–Trinajstić information content (AvgIpc) is 2.26. The van der Waals surface area contributed by atoms with Gasteiger partial charge < -0.3 is 11.1 Å². The van der Waals surface area contributed by atoms with Crippen LogP contribution in [0.15, 0.2) is 24.3 Å². The van der Waals surface area contributed by atoms with E-state index in [0.29, 0.717) is 0 Å². The number of aryl methyl sites for hydroxylation is 1. The van der Waals surface area contributed by atoms with E-state index in [4.69, 9.17) is 5.73 Å². The predicted molar refractivity (Wildman–Crippen MR) is 66.0 cm³/mol. The largest absolute Gasteiger partial charge is 0.348 e. The highest BCUT2D eigenvalue weighted by Gasteiger charge is 2.14. The van der Waals surface area contributed by atoms with Crippen LogP contribution in [0.5, 0.6) is 0 Å². The lowest BCUT2D eigenvalue weighted by atomic mass is 10.0. The summed E-state index contributed by atoms with van der Waals surface area (Å²) in [6, 6.07) is 7.79. The fourth-order valence-electron chi connectivity index (χ4n) is 1.52. The molecule has 0 saturated carbocycles. The molecule has 0 heterocycles. The zero-order chi connectivity index (χ0) is 12.1. The van der Waals surface area contributed by atoms with Crippen LogP contribution in [0.25, 0.3) is 0 Å². The van der Waals surface area contributed by atoms with E-state index in [9.17, 15) is 4.79 Å². The van der Waals surface area contributed by atoms with Crippen molar-refractivity contribution in [2.45, 2.75) is 39.3 Å². The van der Waals surface area contributed by atoms with E-state index in [-0.39, 0.29) is 11.9 Å². The van der Waals surface area contributed by atoms with Gasteiger partial charge in [-0.15, -0.1) is 0 Å². The van der Waals surface area contributed by atoms with E-state index in [0.717, 1.165) is 12.0 Å². The van der Waals surface area contributed by atoms with Crippen LogP contribution in [0.4, 0.5) is 0 Å². The summed E-state index contributed by atoms with van der Waals surface area (Å²) in [6.07, 6.45) is 0.863. The van der Waals surface area contributed by atoms with Gasteiger partial charge in [0.15, 0.2) is 0 Å². The van der Waals surface area contributed by atoms with Gasteiger partial charge in [0.25, 0.3) is 0 Å². The van der Waals surface area contributed by atoms with Crippen molar-refractivity contribution in [1.82, 2.24) is 5.32 Å². The van der Waals surface area contributed by atoms with Crippen LogP contribution in [-0.2, 0) is 4.79 Å². The molecule has 1 rings (SSSR count). The number of rotatable bonds is 4. The Balaban J connectivity index is 2.74. The molecule has 3 N–H and O–H groups in total. The monoisotopic (exact) mass is 220 g/mol. The second kappa shape index (κ2) is 5.66. The van der Waals surface area contributed by atoms with Gasteiger partial charge in [0, 0.05) is 0 Å². The molecule has 2 unspecified atom stereocenters. The summed E-state index contributed by atoms with van der Waals surface area (Å²) < 4.78 is 0. The third kappa shape index (κ3) is 3.35. The number of hydrogen-bond donors (Lipinski definition) is 2. The van der Waals surface area contributed by atoms with Crippen molar-refractivity contribution in [3.63, 3.8) is 0 Å². The van der Waals surface area contributed by atoms with E-state index in [2.05, 4.69) is 17.4 Å². The quantitative estimate of drug-likeness (QED) is 0.814. The Bertz CT molecular complexity index is 343. The molecule has 1 amide bonds. The number of carbonyl (C=O) groups is 1. The van der Waals surface area contributed by atoms with Crippen LogP contribution in [-0.4, -0.2) is 11.9 Å². The molecular formula is C13H20N2O. The topological polar surface area (TPSA) is 55.1 Å². The number of benzene rings is 1. The highest BCUT2D eigenvalue weighted by molar-refractivity contribution is 5.81. The first-order chi connectivity index (χ1) is 7.54. The summed E-state index contributed by atoms with van der Waals surface area (Å²) >= 11 is 0. The van der Waals surface area contributed by atoms with Gasteiger partial charge >= 0.3 is 0 Å². The first-order valence-electron chi connectivity index (χ1n) is 5.67. The molecule has 0 aliphatic heterocycles. The second-order valence-electron chi connectivity index (χ2n) is 4.17. The summed E-state index contributed by atoms with van der Waals surface area (Å²) in [7, 11) is 0. The van der Waals surface area contributed by atoms with Gasteiger partial charge in [-0.1, -0.05) is 36.8 Å². The Morgan fingerprint density at radius 1 is 1.38 bits per heavy atom. The number of hydrogen-bond acceptors (Lipinski definition) is 2. The fourth-order valence-corrected chi connectivity index (χ4v) is 1.52. The van der Waals surface area contributed by atoms with Crippen molar-refractivity contribution >= 4 is 5.91 Å². The van der Waals surface area contributed by atoms with Gasteiger partial charge in [0.2, 0.25) is 5.91 Å². The Labute approximate surface area is 97.0 Å². The Kier molecular flexibility index (Phi) is 4.50. The van der Waals surface area contributed by atoms with Gasteiger partial charge in [0.05, 0.1) is 12.1 Å². The number of nitrogens with one attached hydrogen (secondary N) is 1. The first-order valence-corrected chi connectivity index (χ1v) is 5.67. The van der Waals surface area contributed by atoms with Gasteiger partial charge in [-0.2, -0.15) is 0 Å². The molecule has 3 heteroatoms. The Morgan fingerprint density at radius 2 is 1.94 bits per heavy atom. The van der Waals surface area contributed by atoms with E-state index in [1.165, 1.54) is 5.56 Å². The van der Waals surface area contributed by atoms with Gasteiger partial charge in [0.1, 0.15) is 0 Å². The molecule has 3 nitrogen and oxygen atoms in total. The smallest absolute Gasteiger partial charge is 0.237 e. The molecule has 0 aliphatic carbocycles. The van der Waals surface area contributed by atoms with Crippen molar-refractivity contribution in [2.24, 2.45) is 5.73 Å². The molecule has 0 fully saturated rings. The van der Waals surface area contributed by atoms with Crippen LogP contribution >= 0.6 is 0 Å². The van der Waals surface area contributed by atoms with Gasteiger partial charge in [-0.3, -0.25) is 4.79 Å². The maximum Gasteiger partial charge on any atom is 0.237 e. The highest BCUT2D eigenvalue weighted by atomic mass is 16.2. The van der Waals surface area contributed by atoms with E-state index in [1.54, 1.807) is 6.92 Å². The Morgan fingerprint density at radius 3 is 2.38 bits per heavy atom. The molecule has 0 aliphatic rings. The van der Waals surface area contributed by atoms with Crippen molar-refractivity contribution in [3.8, 4) is 0 Å². The van der Waals surface area contributed by atoms with E-state index < -0.39 is 6.04 Å². The third-order valence-electron chi connectivity index (χ3n) is 2.62. The normalized spacial score (nSPS) is 14.2. The lowest BCUT2D eigenvalue weighted by Gasteiger charge is -2.19. The zero-order valence-corrected chi connectivity index (χ0v) is 10.2. The number of carbonyl (C=O) groups excluding carboxylic acids is 1. The van der Waals surface area contributed by atoms with Crippen LogP contribution in [0.3, 0.4) is 0 Å². The molecular weight excluding hydrogens is 200 g/mol. The minimum absolute atomic E-state index is 0.0547. The van der Waals surface area contributed by atoms with E-state index in [1.807, 2.05) is 26.0 Å². The van der Waals surface area contributed by atoms with Crippen molar-refractivity contribution in [3.05, 3.63) is 35.4 Å². The average molecular weight is 220 g/mol. The first kappa shape index (κ1) is 12.7. The maximum absolute atomic E-state index is 11.5. The van der Waals surface area contributed by atoms with Crippen molar-refractivity contribution in [2.75, 3.05) is 0 Å². The Hall–Kier alpha value is -1.35. The van der Waals surface area contributed by atoms with Crippen molar-refractivity contribution < 1.29 is 4.79 Å². The van der Waals surface area contributed by atoms with Crippen LogP contribution in [0.1, 0.15) is 37.4 Å². The van der Waals surface area contributed by atoms with Gasteiger partial charge in [-0.05, 0) is 25.8 Å². The molecule has 0 aromatic heterocycles. The summed E-state index contributed by atoms with van der Waals surface area (Å²) in [5, 5.41) is 2.94. The molecule has 0 bridgehead atoms. The molecule has 2 atom stereocenters. The number of nitrogens with two attached hydrogens (primary N) is 1. The number of amides is 1. The summed E-state index contributed by atoms with van der Waals surface area (Å²) in [6.45, 7) is 5.79. The molecule has 88 valence electrons. The lowest BCUT2D eigenvalue weighted by molar-refractivity contribution is -0.122. The SMILES string of the molecule is CCC(NC(=O)C(C)N)c1ccc(C)cc1. The molecule has 1 aromatic carbocycles.